The molecular weight excluding hydrogens is 522 g/mol. The lowest BCUT2D eigenvalue weighted by Gasteiger charge is -2.40. The fourth-order valence-electron chi connectivity index (χ4n) is 4.84. The van der Waals surface area contributed by atoms with E-state index in [2.05, 4.69) is 31.0 Å². The van der Waals surface area contributed by atoms with Crippen LogP contribution in [0.1, 0.15) is 49.2 Å². The van der Waals surface area contributed by atoms with E-state index in [4.69, 9.17) is 4.42 Å². The topological polar surface area (TPSA) is 84.5 Å². The summed E-state index contributed by atoms with van der Waals surface area (Å²) in [4.78, 5) is 30.2. The van der Waals surface area contributed by atoms with Crippen LogP contribution < -0.4 is 0 Å². The molecule has 4 aromatic rings. The molecule has 0 bridgehead atoms. The van der Waals surface area contributed by atoms with Crippen molar-refractivity contribution in [2.24, 2.45) is 0 Å². The number of furan rings is 1. The fraction of sp³-hybridized carbons (Fsp3) is 0.355. The number of hydrogen-bond donors (Lipinski definition) is 0. The van der Waals surface area contributed by atoms with Gasteiger partial charge in [0.15, 0.2) is 10.9 Å². The Labute approximate surface area is 239 Å². The molecule has 1 fully saturated rings. The predicted molar refractivity (Wildman–Crippen MR) is 157 cm³/mol. The van der Waals surface area contributed by atoms with Crippen molar-refractivity contribution in [2.75, 3.05) is 25.4 Å². The third-order valence-corrected chi connectivity index (χ3v) is 8.14. The summed E-state index contributed by atoms with van der Waals surface area (Å²) in [7, 11) is 0. The van der Waals surface area contributed by atoms with Gasteiger partial charge in [-0.05, 0) is 61.2 Å². The molecule has 3 heterocycles. The van der Waals surface area contributed by atoms with Crippen LogP contribution in [0.25, 0.3) is 17.3 Å². The molecule has 2 aromatic carbocycles. The summed E-state index contributed by atoms with van der Waals surface area (Å²) < 4.78 is 7.51. The molecule has 1 unspecified atom stereocenters. The Morgan fingerprint density at radius 3 is 2.35 bits per heavy atom. The van der Waals surface area contributed by atoms with E-state index in [1.54, 1.807) is 6.26 Å². The fourth-order valence-corrected chi connectivity index (χ4v) is 5.69. The minimum Gasteiger partial charge on any atom is -0.461 e. The number of carbonyl (C=O) groups is 2. The van der Waals surface area contributed by atoms with Crippen LogP contribution in [0.4, 0.5) is 0 Å². The highest BCUT2D eigenvalue weighted by molar-refractivity contribution is 7.99. The quantitative estimate of drug-likeness (QED) is 0.287. The highest BCUT2D eigenvalue weighted by Gasteiger charge is 2.31. The Kier molecular flexibility index (Phi) is 7.85. The first-order chi connectivity index (χ1) is 19.1. The number of benzene rings is 2. The van der Waals surface area contributed by atoms with Crippen LogP contribution >= 0.6 is 11.8 Å². The molecule has 2 aromatic heterocycles. The molecule has 0 saturated carbocycles. The smallest absolute Gasteiger partial charge is 0.254 e. The standard InChI is InChI=1S/C31H35N5O3S/c1-21-8-14-25(15-9-21)36-28(26-7-6-18-39-26)32-33-30(36)40-20-27(37)34-16-17-35(22(2)19-34)29(38)23-10-12-24(13-11-23)31(3,4)5/h6-15,18,22H,16-17,19-20H2,1-5H3. The lowest BCUT2D eigenvalue weighted by Crippen LogP contribution is -2.55. The largest absolute Gasteiger partial charge is 0.461 e. The van der Waals surface area contributed by atoms with Crippen molar-refractivity contribution in [3.8, 4) is 17.3 Å². The number of amides is 2. The van der Waals surface area contributed by atoms with E-state index in [-0.39, 0.29) is 29.0 Å². The van der Waals surface area contributed by atoms with Gasteiger partial charge < -0.3 is 14.2 Å². The van der Waals surface area contributed by atoms with Crippen molar-refractivity contribution in [1.29, 1.82) is 0 Å². The van der Waals surface area contributed by atoms with Gasteiger partial charge in [-0.25, -0.2) is 0 Å². The molecule has 9 heteroatoms. The average molecular weight is 558 g/mol. The molecule has 0 N–H and O–H groups in total. The number of hydrogen-bond acceptors (Lipinski definition) is 6. The first kappa shape index (κ1) is 27.7. The summed E-state index contributed by atoms with van der Waals surface area (Å²) in [6.45, 7) is 12.0. The Bertz CT molecular complexity index is 1470. The third kappa shape index (κ3) is 5.84. The Morgan fingerprint density at radius 2 is 1.73 bits per heavy atom. The molecule has 208 valence electrons. The summed E-state index contributed by atoms with van der Waals surface area (Å²) in [5.41, 5.74) is 3.95. The van der Waals surface area contributed by atoms with E-state index in [0.29, 0.717) is 41.9 Å². The minimum absolute atomic E-state index is 0.00564. The molecular formula is C31H35N5O3S. The van der Waals surface area contributed by atoms with Crippen LogP contribution in [-0.4, -0.2) is 67.8 Å². The van der Waals surface area contributed by atoms with Gasteiger partial charge >= 0.3 is 0 Å². The Balaban J connectivity index is 1.24. The van der Waals surface area contributed by atoms with Crippen molar-refractivity contribution >= 4 is 23.6 Å². The van der Waals surface area contributed by atoms with Crippen LogP contribution in [0.3, 0.4) is 0 Å². The number of rotatable bonds is 6. The van der Waals surface area contributed by atoms with Crippen LogP contribution in [0.2, 0.25) is 0 Å². The molecule has 0 spiro atoms. The summed E-state index contributed by atoms with van der Waals surface area (Å²) in [6.07, 6.45) is 1.60. The maximum atomic E-state index is 13.2. The van der Waals surface area contributed by atoms with E-state index >= 15 is 0 Å². The number of aryl methyl sites for hydroxylation is 1. The van der Waals surface area contributed by atoms with Crippen molar-refractivity contribution in [3.63, 3.8) is 0 Å². The third-order valence-electron chi connectivity index (χ3n) is 7.23. The average Bonchev–Trinajstić information content (AvgIpc) is 3.61. The highest BCUT2D eigenvalue weighted by Crippen LogP contribution is 2.29. The van der Waals surface area contributed by atoms with E-state index in [1.165, 1.54) is 17.3 Å². The lowest BCUT2D eigenvalue weighted by atomic mass is 9.86. The predicted octanol–water partition coefficient (Wildman–Crippen LogP) is 5.60. The number of aromatic nitrogens is 3. The molecule has 1 aliphatic heterocycles. The molecule has 0 aliphatic carbocycles. The maximum absolute atomic E-state index is 13.2. The second kappa shape index (κ2) is 11.3. The first-order valence-corrected chi connectivity index (χ1v) is 14.5. The zero-order valence-corrected chi connectivity index (χ0v) is 24.4. The van der Waals surface area contributed by atoms with Crippen LogP contribution in [0, 0.1) is 6.92 Å². The number of thioether (sulfide) groups is 1. The van der Waals surface area contributed by atoms with E-state index < -0.39 is 0 Å². The van der Waals surface area contributed by atoms with Gasteiger partial charge in [0.1, 0.15) is 0 Å². The van der Waals surface area contributed by atoms with Gasteiger partial charge in [-0.1, -0.05) is 62.4 Å². The van der Waals surface area contributed by atoms with E-state index in [0.717, 1.165) is 11.3 Å². The van der Waals surface area contributed by atoms with E-state index in [9.17, 15) is 9.59 Å². The Morgan fingerprint density at radius 1 is 1.00 bits per heavy atom. The second-order valence-corrected chi connectivity index (χ2v) is 12.2. The number of carbonyl (C=O) groups excluding carboxylic acids is 2. The summed E-state index contributed by atoms with van der Waals surface area (Å²) in [5, 5.41) is 9.37. The summed E-state index contributed by atoms with van der Waals surface area (Å²) in [6, 6.07) is 19.5. The summed E-state index contributed by atoms with van der Waals surface area (Å²) in [5.74, 6) is 1.42. The summed E-state index contributed by atoms with van der Waals surface area (Å²) >= 11 is 1.35. The molecule has 2 amide bonds. The second-order valence-electron chi connectivity index (χ2n) is 11.3. The van der Waals surface area contributed by atoms with Gasteiger partial charge in [-0.15, -0.1) is 10.2 Å². The van der Waals surface area contributed by atoms with Gasteiger partial charge in [0.2, 0.25) is 11.7 Å². The molecule has 1 aliphatic rings. The molecule has 1 saturated heterocycles. The first-order valence-electron chi connectivity index (χ1n) is 13.5. The van der Waals surface area contributed by atoms with Gasteiger partial charge in [-0.3, -0.25) is 14.2 Å². The molecule has 5 rings (SSSR count). The number of piperazine rings is 1. The van der Waals surface area contributed by atoms with E-state index in [1.807, 2.05) is 88.9 Å². The lowest BCUT2D eigenvalue weighted by molar-refractivity contribution is -0.130. The molecule has 8 nitrogen and oxygen atoms in total. The molecule has 1 atom stereocenters. The minimum atomic E-state index is -0.0840. The molecule has 0 radical (unpaired) electrons. The van der Waals surface area contributed by atoms with Gasteiger partial charge in [0, 0.05) is 36.9 Å². The zero-order valence-electron chi connectivity index (χ0n) is 23.6. The van der Waals surface area contributed by atoms with Crippen molar-refractivity contribution in [1.82, 2.24) is 24.6 Å². The van der Waals surface area contributed by atoms with Gasteiger partial charge in [0.05, 0.1) is 12.0 Å². The Hall–Kier alpha value is -3.85. The number of nitrogens with zero attached hydrogens (tertiary/aromatic N) is 5. The van der Waals surface area contributed by atoms with Crippen LogP contribution in [0.5, 0.6) is 0 Å². The highest BCUT2D eigenvalue weighted by atomic mass is 32.2. The van der Waals surface area contributed by atoms with Gasteiger partial charge in [-0.2, -0.15) is 0 Å². The monoisotopic (exact) mass is 557 g/mol. The maximum Gasteiger partial charge on any atom is 0.254 e. The van der Waals surface area contributed by atoms with Crippen molar-refractivity contribution in [2.45, 2.75) is 51.2 Å². The van der Waals surface area contributed by atoms with Crippen molar-refractivity contribution in [3.05, 3.63) is 83.6 Å². The SMILES string of the molecule is Cc1ccc(-n2c(SCC(=O)N3CCN(C(=O)c4ccc(C(C)(C)C)cc4)C(C)C3)nnc2-c2ccco2)cc1. The van der Waals surface area contributed by atoms with Crippen LogP contribution in [-0.2, 0) is 10.2 Å². The molecule has 40 heavy (non-hydrogen) atoms. The van der Waals surface area contributed by atoms with Gasteiger partial charge in [0.25, 0.3) is 5.91 Å². The van der Waals surface area contributed by atoms with Crippen molar-refractivity contribution < 1.29 is 14.0 Å². The zero-order chi connectivity index (χ0) is 28.4. The normalized spacial score (nSPS) is 15.9. The van der Waals surface area contributed by atoms with Crippen LogP contribution in [0.15, 0.2) is 76.5 Å².